The molecule has 4 aromatic rings. The molecule has 0 aliphatic heterocycles. The molecular weight excluding hydrogens is 458 g/mol. The summed E-state index contributed by atoms with van der Waals surface area (Å²) in [5.41, 5.74) is 2.55. The molecular formula is C24H23N3O4S2. The van der Waals surface area contributed by atoms with Crippen molar-refractivity contribution in [3.63, 3.8) is 0 Å². The summed E-state index contributed by atoms with van der Waals surface area (Å²) < 4.78 is 30.5. The topological polar surface area (TPSA) is 88.5 Å². The summed E-state index contributed by atoms with van der Waals surface area (Å²) >= 11 is 1.09. The summed E-state index contributed by atoms with van der Waals surface area (Å²) in [5.74, 6) is -0.483. The van der Waals surface area contributed by atoms with Gasteiger partial charge in [-0.05, 0) is 48.4 Å². The molecule has 3 aromatic carbocycles. The van der Waals surface area contributed by atoms with Crippen LogP contribution in [0.5, 0.6) is 0 Å². The number of rotatable bonds is 7. The lowest BCUT2D eigenvalue weighted by atomic mass is 10.1. The predicted octanol–water partition coefficient (Wildman–Crippen LogP) is 4.00. The van der Waals surface area contributed by atoms with E-state index >= 15 is 0 Å². The van der Waals surface area contributed by atoms with Crippen LogP contribution in [0.25, 0.3) is 10.2 Å². The van der Waals surface area contributed by atoms with E-state index in [1.807, 2.05) is 19.1 Å². The molecule has 33 heavy (non-hydrogen) atoms. The van der Waals surface area contributed by atoms with E-state index in [-0.39, 0.29) is 9.77 Å². The van der Waals surface area contributed by atoms with Crippen molar-refractivity contribution in [2.24, 2.45) is 7.05 Å². The molecule has 1 heterocycles. The quantitative estimate of drug-likeness (QED) is 0.432. The van der Waals surface area contributed by atoms with Crippen LogP contribution in [0, 0.1) is 0 Å². The van der Waals surface area contributed by atoms with Crippen molar-refractivity contribution in [3.8, 4) is 0 Å². The third-order valence-electron chi connectivity index (χ3n) is 5.34. The zero-order valence-corrected chi connectivity index (χ0v) is 19.8. The van der Waals surface area contributed by atoms with E-state index in [4.69, 9.17) is 0 Å². The molecule has 0 bridgehead atoms. The second kappa shape index (κ2) is 9.21. The van der Waals surface area contributed by atoms with Crippen LogP contribution >= 0.6 is 11.3 Å². The second-order valence-electron chi connectivity index (χ2n) is 7.46. The number of aryl methyl sites for hydroxylation is 2. The molecule has 0 aliphatic rings. The van der Waals surface area contributed by atoms with Gasteiger partial charge in [-0.1, -0.05) is 54.7 Å². The molecule has 170 valence electrons. The van der Waals surface area contributed by atoms with E-state index in [1.165, 1.54) is 12.1 Å². The fourth-order valence-electron chi connectivity index (χ4n) is 3.61. The van der Waals surface area contributed by atoms with Gasteiger partial charge in [0.1, 0.15) is 6.54 Å². The van der Waals surface area contributed by atoms with E-state index < -0.39 is 22.5 Å². The van der Waals surface area contributed by atoms with E-state index in [9.17, 15) is 18.0 Å². The van der Waals surface area contributed by atoms with Crippen molar-refractivity contribution in [3.05, 3.63) is 88.0 Å². The van der Waals surface area contributed by atoms with E-state index in [0.29, 0.717) is 17.8 Å². The number of thiazole rings is 1. The third-order valence-corrected chi connectivity index (χ3v) is 8.11. The summed E-state index contributed by atoms with van der Waals surface area (Å²) in [6, 6.07) is 20.4. The van der Waals surface area contributed by atoms with Crippen molar-refractivity contribution >= 4 is 48.9 Å². The largest absolute Gasteiger partial charge is 0.324 e. The minimum Gasteiger partial charge on any atom is -0.324 e. The second-order valence-corrected chi connectivity index (χ2v) is 10.3. The van der Waals surface area contributed by atoms with Crippen LogP contribution in [0.2, 0.25) is 0 Å². The average molecular weight is 482 g/mol. The van der Waals surface area contributed by atoms with Crippen LogP contribution in [0.4, 0.5) is 11.4 Å². The summed E-state index contributed by atoms with van der Waals surface area (Å²) in [6.45, 7) is 1.55. The van der Waals surface area contributed by atoms with Gasteiger partial charge in [-0.3, -0.25) is 13.9 Å². The van der Waals surface area contributed by atoms with Gasteiger partial charge in [-0.2, -0.15) is 0 Å². The van der Waals surface area contributed by atoms with Crippen molar-refractivity contribution in [2.75, 3.05) is 16.2 Å². The van der Waals surface area contributed by atoms with Gasteiger partial charge < -0.3 is 9.88 Å². The first-order valence-electron chi connectivity index (χ1n) is 10.4. The number of aromatic nitrogens is 1. The van der Waals surface area contributed by atoms with Crippen LogP contribution in [-0.2, 0) is 28.3 Å². The Balaban J connectivity index is 1.68. The lowest BCUT2D eigenvalue weighted by Gasteiger charge is -2.26. The maximum Gasteiger partial charge on any atom is 0.307 e. The molecule has 0 radical (unpaired) electrons. The van der Waals surface area contributed by atoms with Crippen molar-refractivity contribution in [1.29, 1.82) is 0 Å². The standard InChI is InChI=1S/C24H23N3O4S2/c1-3-17-9-7-8-12-20(17)27(33(30,31)19-10-5-4-6-11-19)16-23(28)25-18-13-14-21-22(15-18)32-24(29)26(21)2/h4-15H,3,16H2,1-2H3,(H,25,28). The summed E-state index contributed by atoms with van der Waals surface area (Å²) in [7, 11) is -2.29. The molecule has 0 saturated heterocycles. The highest BCUT2D eigenvalue weighted by atomic mass is 32.2. The van der Waals surface area contributed by atoms with Crippen LogP contribution in [0.3, 0.4) is 0 Å². The van der Waals surface area contributed by atoms with Gasteiger partial charge in [-0.15, -0.1) is 0 Å². The predicted molar refractivity (Wildman–Crippen MR) is 132 cm³/mol. The lowest BCUT2D eigenvalue weighted by molar-refractivity contribution is -0.114. The number of para-hydroxylation sites is 1. The molecule has 4 rings (SSSR count). The molecule has 0 unspecified atom stereocenters. The monoisotopic (exact) mass is 481 g/mol. The first-order chi connectivity index (χ1) is 15.8. The number of amides is 1. The molecule has 9 heteroatoms. The number of fused-ring (bicyclic) bond motifs is 1. The number of hydrogen-bond donors (Lipinski definition) is 1. The molecule has 1 amide bonds. The highest BCUT2D eigenvalue weighted by Gasteiger charge is 2.28. The van der Waals surface area contributed by atoms with Crippen LogP contribution in [0.15, 0.2) is 82.5 Å². The van der Waals surface area contributed by atoms with Crippen LogP contribution < -0.4 is 14.5 Å². The smallest absolute Gasteiger partial charge is 0.307 e. The number of anilines is 2. The Morgan fingerprint density at radius 1 is 1.03 bits per heavy atom. The van der Waals surface area contributed by atoms with Gasteiger partial charge in [-0.25, -0.2) is 8.42 Å². The Labute approximate surface area is 196 Å². The van der Waals surface area contributed by atoms with Crippen LogP contribution in [0.1, 0.15) is 12.5 Å². The normalized spacial score (nSPS) is 11.5. The summed E-state index contributed by atoms with van der Waals surface area (Å²) in [4.78, 5) is 24.9. The Morgan fingerprint density at radius 2 is 1.73 bits per heavy atom. The Kier molecular flexibility index (Phi) is 6.35. The van der Waals surface area contributed by atoms with E-state index in [1.54, 1.807) is 60.1 Å². The highest BCUT2D eigenvalue weighted by Crippen LogP contribution is 2.28. The SMILES string of the molecule is CCc1ccccc1N(CC(=O)Nc1ccc2c(c1)sc(=O)n2C)S(=O)(=O)c1ccccc1. The van der Waals surface area contributed by atoms with Crippen molar-refractivity contribution < 1.29 is 13.2 Å². The fraction of sp³-hybridized carbons (Fsp3) is 0.167. The van der Waals surface area contributed by atoms with Gasteiger partial charge in [0.25, 0.3) is 10.0 Å². The Bertz CT molecular complexity index is 1470. The number of hydrogen-bond acceptors (Lipinski definition) is 5. The van der Waals surface area contributed by atoms with Gasteiger partial charge in [0.05, 0.1) is 20.8 Å². The first kappa shape index (κ1) is 22.8. The third kappa shape index (κ3) is 4.55. The average Bonchev–Trinajstić information content (AvgIpc) is 3.10. The summed E-state index contributed by atoms with van der Waals surface area (Å²) in [6.07, 6.45) is 0.613. The zero-order valence-electron chi connectivity index (χ0n) is 18.2. The van der Waals surface area contributed by atoms with Crippen molar-refractivity contribution in [1.82, 2.24) is 4.57 Å². The minimum absolute atomic E-state index is 0.0928. The fourth-order valence-corrected chi connectivity index (χ4v) is 6.01. The maximum atomic E-state index is 13.5. The van der Waals surface area contributed by atoms with Gasteiger partial charge >= 0.3 is 4.87 Å². The number of sulfonamides is 1. The number of carbonyl (C=O) groups excluding carboxylic acids is 1. The lowest BCUT2D eigenvalue weighted by Crippen LogP contribution is -2.38. The minimum atomic E-state index is -3.98. The molecule has 0 aliphatic carbocycles. The first-order valence-corrected chi connectivity index (χ1v) is 12.6. The maximum absolute atomic E-state index is 13.5. The summed E-state index contributed by atoms with van der Waals surface area (Å²) in [5, 5.41) is 2.77. The Hall–Kier alpha value is -3.43. The molecule has 7 nitrogen and oxygen atoms in total. The van der Waals surface area contributed by atoms with Gasteiger partial charge in [0.2, 0.25) is 5.91 Å². The van der Waals surface area contributed by atoms with Crippen LogP contribution in [-0.4, -0.2) is 25.4 Å². The van der Waals surface area contributed by atoms with E-state index in [2.05, 4.69) is 5.32 Å². The Morgan fingerprint density at radius 3 is 2.45 bits per heavy atom. The molecule has 0 saturated carbocycles. The van der Waals surface area contributed by atoms with E-state index in [0.717, 1.165) is 31.4 Å². The molecule has 1 N–H and O–H groups in total. The highest BCUT2D eigenvalue weighted by molar-refractivity contribution is 7.92. The number of carbonyl (C=O) groups is 1. The number of nitrogens with zero attached hydrogens (tertiary/aromatic N) is 2. The molecule has 0 spiro atoms. The number of nitrogens with one attached hydrogen (secondary N) is 1. The zero-order chi connectivity index (χ0) is 23.6. The van der Waals surface area contributed by atoms with Gasteiger partial charge in [0.15, 0.2) is 0 Å². The molecule has 0 fully saturated rings. The number of benzene rings is 3. The molecule has 0 atom stereocenters. The molecule has 1 aromatic heterocycles. The van der Waals surface area contributed by atoms with Crippen molar-refractivity contribution in [2.45, 2.75) is 18.2 Å². The van der Waals surface area contributed by atoms with Gasteiger partial charge in [0, 0.05) is 12.7 Å².